The average Bonchev–Trinajstić information content (AvgIpc) is 2.94. The lowest BCUT2D eigenvalue weighted by atomic mass is 10.1. The lowest BCUT2D eigenvalue weighted by Crippen LogP contribution is -2.16. The van der Waals surface area contributed by atoms with E-state index in [1.54, 1.807) is 0 Å². The van der Waals surface area contributed by atoms with E-state index in [-0.39, 0.29) is 0 Å². The van der Waals surface area contributed by atoms with Gasteiger partial charge in [0.2, 0.25) is 0 Å². The number of rotatable bonds is 3. The van der Waals surface area contributed by atoms with Gasteiger partial charge in [-0.15, -0.1) is 0 Å². The number of H-pyrrole nitrogens is 1. The van der Waals surface area contributed by atoms with Gasteiger partial charge in [0.15, 0.2) is 4.77 Å². The quantitative estimate of drug-likeness (QED) is 0.816. The number of hydrogen-bond donors (Lipinski definition) is 1. The summed E-state index contributed by atoms with van der Waals surface area (Å²) in [5.41, 5.74) is 3.80. The molecule has 0 aliphatic heterocycles. The molecule has 2 nitrogen and oxygen atoms in total. The lowest BCUT2D eigenvalue weighted by molar-refractivity contribution is 0.535. The number of aryl methyl sites for hydroxylation is 1. The van der Waals surface area contributed by atoms with E-state index in [0.717, 1.165) is 10.0 Å². The van der Waals surface area contributed by atoms with Crippen LogP contribution in [0.15, 0.2) is 18.2 Å². The number of thioether (sulfide) groups is 1. The van der Waals surface area contributed by atoms with Crippen molar-refractivity contribution in [3.8, 4) is 0 Å². The Kier molecular flexibility index (Phi) is 3.72. The summed E-state index contributed by atoms with van der Waals surface area (Å²) in [6.45, 7) is 4.43. The first kappa shape index (κ1) is 13.3. The number of para-hydroxylation sites is 1. The van der Waals surface area contributed by atoms with Crippen LogP contribution in [0.3, 0.4) is 0 Å². The number of aromatic nitrogens is 2. The van der Waals surface area contributed by atoms with E-state index < -0.39 is 0 Å². The Morgan fingerprint density at radius 2 is 2.26 bits per heavy atom. The van der Waals surface area contributed by atoms with E-state index in [1.165, 1.54) is 41.6 Å². The van der Waals surface area contributed by atoms with Gasteiger partial charge < -0.3 is 9.55 Å². The van der Waals surface area contributed by atoms with E-state index >= 15 is 0 Å². The molecular weight excluding hydrogens is 272 g/mol. The fourth-order valence-electron chi connectivity index (χ4n) is 3.28. The average molecular weight is 292 g/mol. The van der Waals surface area contributed by atoms with Gasteiger partial charge >= 0.3 is 0 Å². The van der Waals surface area contributed by atoms with Crippen molar-refractivity contribution in [3.63, 3.8) is 0 Å². The molecule has 1 aliphatic rings. The van der Waals surface area contributed by atoms with E-state index in [0.29, 0.717) is 6.04 Å². The highest BCUT2D eigenvalue weighted by Crippen LogP contribution is 2.40. The summed E-state index contributed by atoms with van der Waals surface area (Å²) in [6.07, 6.45) is 3.90. The first-order chi connectivity index (χ1) is 9.22. The fourth-order valence-corrected chi connectivity index (χ4v) is 4.86. The van der Waals surface area contributed by atoms with Crippen LogP contribution < -0.4 is 0 Å². The van der Waals surface area contributed by atoms with Crippen LogP contribution >= 0.6 is 24.0 Å². The smallest absolute Gasteiger partial charge is 0.178 e. The van der Waals surface area contributed by atoms with Gasteiger partial charge in [-0.25, -0.2) is 0 Å². The predicted octanol–water partition coefficient (Wildman–Crippen LogP) is 4.85. The van der Waals surface area contributed by atoms with Crippen molar-refractivity contribution >= 4 is 35.0 Å². The standard InChI is InChI=1S/C15H20N2S2/c1-3-19-13-9-5-8-12(13)17-14-10(2)6-4-7-11(14)16-15(17)18/h4,6-7,12-13H,3,5,8-9H2,1-2H3,(H,16,18). The molecule has 1 N–H and O–H groups in total. The molecule has 102 valence electrons. The van der Waals surface area contributed by atoms with Crippen LogP contribution in [0.2, 0.25) is 0 Å². The van der Waals surface area contributed by atoms with Gasteiger partial charge in [-0.2, -0.15) is 11.8 Å². The van der Waals surface area contributed by atoms with Crippen molar-refractivity contribution in [2.75, 3.05) is 5.75 Å². The molecule has 0 amide bonds. The molecule has 0 radical (unpaired) electrons. The summed E-state index contributed by atoms with van der Waals surface area (Å²) >= 11 is 7.67. The second-order valence-electron chi connectivity index (χ2n) is 5.26. The maximum absolute atomic E-state index is 5.58. The number of nitrogens with one attached hydrogen (secondary N) is 1. The zero-order chi connectivity index (χ0) is 13.4. The molecule has 1 aromatic carbocycles. The van der Waals surface area contributed by atoms with E-state index in [4.69, 9.17) is 12.2 Å². The summed E-state index contributed by atoms with van der Waals surface area (Å²) in [7, 11) is 0. The highest BCUT2D eigenvalue weighted by molar-refractivity contribution is 7.99. The highest BCUT2D eigenvalue weighted by atomic mass is 32.2. The molecule has 0 saturated heterocycles. The molecule has 1 aliphatic carbocycles. The van der Waals surface area contributed by atoms with Crippen LogP contribution in [0.1, 0.15) is 37.8 Å². The van der Waals surface area contributed by atoms with Crippen molar-refractivity contribution in [1.82, 2.24) is 9.55 Å². The molecule has 1 heterocycles. The number of nitrogens with zero attached hydrogens (tertiary/aromatic N) is 1. The third-order valence-corrected chi connectivity index (χ3v) is 5.68. The van der Waals surface area contributed by atoms with Crippen LogP contribution in [0, 0.1) is 11.7 Å². The molecule has 3 rings (SSSR count). The Balaban J connectivity index is 2.14. The zero-order valence-electron chi connectivity index (χ0n) is 11.5. The molecule has 2 unspecified atom stereocenters. The van der Waals surface area contributed by atoms with E-state index in [9.17, 15) is 0 Å². The summed E-state index contributed by atoms with van der Waals surface area (Å²) in [6, 6.07) is 6.97. The molecule has 0 bridgehead atoms. The molecule has 4 heteroatoms. The van der Waals surface area contributed by atoms with Crippen molar-refractivity contribution in [2.45, 2.75) is 44.4 Å². The topological polar surface area (TPSA) is 20.7 Å². The van der Waals surface area contributed by atoms with Gasteiger partial charge in [-0.05, 0) is 49.4 Å². The Labute approximate surface area is 123 Å². The second-order valence-corrected chi connectivity index (χ2v) is 7.17. The normalized spacial score (nSPS) is 23.3. The van der Waals surface area contributed by atoms with Crippen LogP contribution in [-0.4, -0.2) is 20.6 Å². The van der Waals surface area contributed by atoms with Crippen LogP contribution in [0.25, 0.3) is 11.0 Å². The fraction of sp³-hybridized carbons (Fsp3) is 0.533. The largest absolute Gasteiger partial charge is 0.331 e. The molecule has 1 saturated carbocycles. The third kappa shape index (κ3) is 2.25. The Morgan fingerprint density at radius 1 is 1.42 bits per heavy atom. The summed E-state index contributed by atoms with van der Waals surface area (Å²) in [5.74, 6) is 1.19. The maximum atomic E-state index is 5.58. The maximum Gasteiger partial charge on any atom is 0.178 e. The molecule has 0 spiro atoms. The first-order valence-electron chi connectivity index (χ1n) is 7.03. The van der Waals surface area contributed by atoms with Crippen LogP contribution in [0.5, 0.6) is 0 Å². The SMILES string of the molecule is CCSC1CCCC1n1c(=S)[nH]c2cccc(C)c21. The lowest BCUT2D eigenvalue weighted by Gasteiger charge is -2.21. The number of aromatic amines is 1. The Hall–Kier alpha value is -0.740. The number of hydrogen-bond acceptors (Lipinski definition) is 2. The van der Waals surface area contributed by atoms with E-state index in [2.05, 4.69) is 53.4 Å². The first-order valence-corrected chi connectivity index (χ1v) is 8.49. The van der Waals surface area contributed by atoms with Crippen molar-refractivity contribution < 1.29 is 0 Å². The van der Waals surface area contributed by atoms with Crippen molar-refractivity contribution in [2.24, 2.45) is 0 Å². The molecular formula is C15H20N2S2. The summed E-state index contributed by atoms with van der Waals surface area (Å²) < 4.78 is 3.28. The summed E-state index contributed by atoms with van der Waals surface area (Å²) in [4.78, 5) is 3.38. The van der Waals surface area contributed by atoms with Gasteiger partial charge in [0, 0.05) is 11.3 Å². The van der Waals surface area contributed by atoms with Crippen LogP contribution in [-0.2, 0) is 0 Å². The zero-order valence-corrected chi connectivity index (χ0v) is 13.1. The molecule has 1 fully saturated rings. The molecule has 2 aromatic rings. The van der Waals surface area contributed by atoms with Gasteiger partial charge in [-0.1, -0.05) is 25.5 Å². The van der Waals surface area contributed by atoms with Gasteiger partial charge in [0.25, 0.3) is 0 Å². The van der Waals surface area contributed by atoms with Crippen LogP contribution in [0.4, 0.5) is 0 Å². The Morgan fingerprint density at radius 3 is 3.05 bits per heavy atom. The number of fused-ring (bicyclic) bond motifs is 1. The molecule has 2 atom stereocenters. The second kappa shape index (κ2) is 5.33. The van der Waals surface area contributed by atoms with Gasteiger partial charge in [0.05, 0.1) is 11.0 Å². The number of imidazole rings is 1. The van der Waals surface area contributed by atoms with Gasteiger partial charge in [0.1, 0.15) is 0 Å². The third-order valence-electron chi connectivity index (χ3n) is 4.07. The van der Waals surface area contributed by atoms with Gasteiger partial charge in [-0.3, -0.25) is 0 Å². The number of benzene rings is 1. The monoisotopic (exact) mass is 292 g/mol. The molecule has 19 heavy (non-hydrogen) atoms. The minimum absolute atomic E-state index is 0.562. The van der Waals surface area contributed by atoms with Crippen molar-refractivity contribution in [1.29, 1.82) is 0 Å². The minimum atomic E-state index is 0.562. The van der Waals surface area contributed by atoms with Crippen molar-refractivity contribution in [3.05, 3.63) is 28.5 Å². The highest BCUT2D eigenvalue weighted by Gasteiger charge is 2.30. The predicted molar refractivity (Wildman–Crippen MR) is 86.7 cm³/mol. The molecule has 1 aromatic heterocycles. The van der Waals surface area contributed by atoms with E-state index in [1.807, 2.05) is 0 Å². The minimum Gasteiger partial charge on any atom is -0.331 e. The summed E-state index contributed by atoms with van der Waals surface area (Å²) in [5, 5.41) is 0.718. The Bertz CT molecular complexity index is 641.